The zero-order valence-electron chi connectivity index (χ0n) is 9.37. The van der Waals surface area contributed by atoms with Crippen molar-refractivity contribution in [2.45, 2.75) is 35.3 Å². The van der Waals surface area contributed by atoms with Gasteiger partial charge < -0.3 is 0 Å². The van der Waals surface area contributed by atoms with Crippen LogP contribution in [0.5, 0.6) is 0 Å². The molecule has 1 atom stereocenters. The lowest BCUT2D eigenvalue weighted by atomic mass is 10.1. The van der Waals surface area contributed by atoms with Crippen molar-refractivity contribution in [2.75, 3.05) is 0 Å². The van der Waals surface area contributed by atoms with Crippen LogP contribution in [0.15, 0.2) is 29.2 Å². The molecule has 0 aromatic heterocycles. The maximum atomic E-state index is 12.1. The number of nitriles is 1. The molecule has 1 aliphatic carbocycles. The first-order chi connectivity index (χ1) is 8.48. The lowest BCUT2D eigenvalue weighted by Gasteiger charge is -2.12. The SMILES string of the molecule is N#CC(NC1CC1)c1ccc(SC(F)(F)F)cc1. The molecule has 1 unspecified atom stereocenters. The van der Waals surface area contributed by atoms with Gasteiger partial charge in [-0.25, -0.2) is 0 Å². The Morgan fingerprint density at radius 2 is 1.89 bits per heavy atom. The molecule has 0 heterocycles. The molecule has 1 aromatic carbocycles. The number of hydrogen-bond acceptors (Lipinski definition) is 3. The topological polar surface area (TPSA) is 35.8 Å². The van der Waals surface area contributed by atoms with Crippen LogP contribution in [0.3, 0.4) is 0 Å². The van der Waals surface area contributed by atoms with Gasteiger partial charge in [0.05, 0.1) is 6.07 Å². The molecule has 1 aliphatic rings. The second-order valence-corrected chi connectivity index (χ2v) is 5.26. The Morgan fingerprint density at radius 3 is 2.33 bits per heavy atom. The summed E-state index contributed by atoms with van der Waals surface area (Å²) in [5, 5.41) is 12.1. The predicted molar refractivity (Wildman–Crippen MR) is 62.9 cm³/mol. The third-order valence-corrected chi connectivity index (χ3v) is 3.30. The number of benzene rings is 1. The molecule has 1 N–H and O–H groups in total. The van der Waals surface area contributed by atoms with Gasteiger partial charge in [-0.05, 0) is 42.3 Å². The van der Waals surface area contributed by atoms with E-state index in [1.165, 1.54) is 12.1 Å². The Bertz CT molecular complexity index is 446. The number of nitrogens with one attached hydrogen (secondary N) is 1. The van der Waals surface area contributed by atoms with E-state index in [1.807, 2.05) is 0 Å². The van der Waals surface area contributed by atoms with Crippen LogP contribution in [0, 0.1) is 11.3 Å². The second-order valence-electron chi connectivity index (χ2n) is 4.12. The maximum Gasteiger partial charge on any atom is 0.446 e. The molecule has 2 rings (SSSR count). The summed E-state index contributed by atoms with van der Waals surface area (Å²) in [6.45, 7) is 0. The minimum Gasteiger partial charge on any atom is -0.295 e. The Hall–Kier alpha value is -1.19. The largest absolute Gasteiger partial charge is 0.446 e. The molecule has 96 valence electrons. The first-order valence-electron chi connectivity index (χ1n) is 5.49. The standard InChI is InChI=1S/C12H11F3N2S/c13-12(14,15)18-10-5-1-8(2-6-10)11(7-16)17-9-3-4-9/h1-2,5-6,9,11,17H,3-4H2. The van der Waals surface area contributed by atoms with Crippen molar-refractivity contribution in [3.8, 4) is 6.07 Å². The Balaban J connectivity index is 2.03. The summed E-state index contributed by atoms with van der Waals surface area (Å²) >= 11 is -0.148. The van der Waals surface area contributed by atoms with Crippen LogP contribution in [0.25, 0.3) is 0 Å². The third kappa shape index (κ3) is 3.93. The summed E-state index contributed by atoms with van der Waals surface area (Å²) in [5.74, 6) is 0. The van der Waals surface area contributed by atoms with Crippen LogP contribution in [-0.4, -0.2) is 11.6 Å². The summed E-state index contributed by atoms with van der Waals surface area (Å²) in [5.41, 5.74) is -3.57. The number of halogens is 3. The fraction of sp³-hybridized carbons (Fsp3) is 0.417. The zero-order valence-corrected chi connectivity index (χ0v) is 10.2. The number of alkyl halides is 3. The number of nitrogens with zero attached hydrogens (tertiary/aromatic N) is 1. The Labute approximate surface area is 107 Å². The van der Waals surface area contributed by atoms with E-state index < -0.39 is 11.6 Å². The lowest BCUT2D eigenvalue weighted by Crippen LogP contribution is -2.21. The first kappa shape index (κ1) is 13.2. The highest BCUT2D eigenvalue weighted by molar-refractivity contribution is 8.00. The van der Waals surface area contributed by atoms with Crippen LogP contribution in [0.4, 0.5) is 13.2 Å². The molecular weight excluding hydrogens is 261 g/mol. The molecule has 1 fully saturated rings. The van der Waals surface area contributed by atoms with Gasteiger partial charge in [0.25, 0.3) is 0 Å². The van der Waals surface area contributed by atoms with Gasteiger partial charge in [-0.15, -0.1) is 0 Å². The normalized spacial score (nSPS) is 17.2. The molecule has 0 radical (unpaired) electrons. The Kier molecular flexibility index (Phi) is 3.83. The fourth-order valence-electron chi connectivity index (χ4n) is 1.56. The lowest BCUT2D eigenvalue weighted by molar-refractivity contribution is -0.0328. The van der Waals surface area contributed by atoms with E-state index in [0.29, 0.717) is 11.6 Å². The van der Waals surface area contributed by atoms with Crippen molar-refractivity contribution >= 4 is 11.8 Å². The van der Waals surface area contributed by atoms with E-state index in [2.05, 4.69) is 11.4 Å². The number of thioether (sulfide) groups is 1. The van der Waals surface area contributed by atoms with Crippen LogP contribution in [-0.2, 0) is 0 Å². The van der Waals surface area contributed by atoms with Crippen molar-refractivity contribution in [1.29, 1.82) is 5.26 Å². The van der Waals surface area contributed by atoms with Gasteiger partial charge in [-0.2, -0.15) is 18.4 Å². The van der Waals surface area contributed by atoms with E-state index >= 15 is 0 Å². The van der Waals surface area contributed by atoms with Gasteiger partial charge in [0.2, 0.25) is 0 Å². The quantitative estimate of drug-likeness (QED) is 0.850. The molecule has 2 nitrogen and oxygen atoms in total. The number of hydrogen-bond donors (Lipinski definition) is 1. The smallest absolute Gasteiger partial charge is 0.295 e. The highest BCUT2D eigenvalue weighted by Crippen LogP contribution is 2.37. The molecule has 0 amide bonds. The first-order valence-corrected chi connectivity index (χ1v) is 6.31. The average Bonchev–Trinajstić information content (AvgIpc) is 3.09. The van der Waals surface area contributed by atoms with E-state index in [-0.39, 0.29) is 16.7 Å². The minimum absolute atomic E-state index is 0.134. The molecule has 0 saturated heterocycles. The summed E-state index contributed by atoms with van der Waals surface area (Å²) in [6.07, 6.45) is 2.11. The molecule has 1 aromatic rings. The highest BCUT2D eigenvalue weighted by Gasteiger charge is 2.29. The minimum atomic E-state index is -4.28. The summed E-state index contributed by atoms with van der Waals surface area (Å²) in [7, 11) is 0. The summed E-state index contributed by atoms with van der Waals surface area (Å²) in [4.78, 5) is 0.134. The molecule has 0 spiro atoms. The zero-order chi connectivity index (χ0) is 13.2. The third-order valence-electron chi connectivity index (χ3n) is 2.56. The van der Waals surface area contributed by atoms with E-state index in [9.17, 15) is 13.2 Å². The molecular formula is C12H11F3N2S. The van der Waals surface area contributed by atoms with Gasteiger partial charge in [-0.3, -0.25) is 5.32 Å². The van der Waals surface area contributed by atoms with Gasteiger partial charge in [0.1, 0.15) is 6.04 Å². The molecule has 6 heteroatoms. The molecule has 0 aliphatic heterocycles. The van der Waals surface area contributed by atoms with Crippen molar-refractivity contribution < 1.29 is 13.2 Å². The number of rotatable bonds is 4. The monoisotopic (exact) mass is 272 g/mol. The van der Waals surface area contributed by atoms with E-state index in [4.69, 9.17) is 5.26 Å². The Morgan fingerprint density at radius 1 is 1.28 bits per heavy atom. The highest BCUT2D eigenvalue weighted by atomic mass is 32.2. The molecule has 1 saturated carbocycles. The summed E-state index contributed by atoms with van der Waals surface area (Å²) in [6, 6.07) is 7.97. The van der Waals surface area contributed by atoms with Gasteiger partial charge in [-0.1, -0.05) is 12.1 Å². The van der Waals surface area contributed by atoms with Crippen LogP contribution in [0.2, 0.25) is 0 Å². The van der Waals surface area contributed by atoms with Crippen LogP contribution >= 0.6 is 11.8 Å². The van der Waals surface area contributed by atoms with Crippen molar-refractivity contribution in [3.05, 3.63) is 29.8 Å². The van der Waals surface area contributed by atoms with E-state index in [1.54, 1.807) is 12.1 Å². The average molecular weight is 272 g/mol. The molecule has 18 heavy (non-hydrogen) atoms. The van der Waals surface area contributed by atoms with Crippen LogP contribution in [0.1, 0.15) is 24.4 Å². The summed E-state index contributed by atoms with van der Waals surface area (Å²) < 4.78 is 36.4. The van der Waals surface area contributed by atoms with Crippen LogP contribution < -0.4 is 5.32 Å². The van der Waals surface area contributed by atoms with Gasteiger partial charge >= 0.3 is 5.51 Å². The maximum absolute atomic E-state index is 12.1. The van der Waals surface area contributed by atoms with Crippen molar-refractivity contribution in [3.63, 3.8) is 0 Å². The molecule has 0 bridgehead atoms. The fourth-order valence-corrected chi connectivity index (χ4v) is 2.10. The van der Waals surface area contributed by atoms with Crippen molar-refractivity contribution in [2.24, 2.45) is 0 Å². The predicted octanol–water partition coefficient (Wildman–Crippen LogP) is 3.62. The van der Waals surface area contributed by atoms with Gasteiger partial charge in [0, 0.05) is 10.9 Å². The second kappa shape index (κ2) is 5.21. The van der Waals surface area contributed by atoms with Gasteiger partial charge in [0.15, 0.2) is 0 Å². The van der Waals surface area contributed by atoms with E-state index in [0.717, 1.165) is 12.8 Å². The van der Waals surface area contributed by atoms with Crippen molar-refractivity contribution in [1.82, 2.24) is 5.32 Å².